The molecule has 0 heterocycles. The third-order valence-electron chi connectivity index (χ3n) is 4.54. The van der Waals surface area contributed by atoms with Crippen molar-refractivity contribution in [2.75, 3.05) is 0 Å². The molecule has 0 N–H and O–H groups in total. The zero-order valence-corrected chi connectivity index (χ0v) is 20.8. The van der Waals surface area contributed by atoms with Crippen molar-refractivity contribution in [3.05, 3.63) is 87.9 Å². The second kappa shape index (κ2) is 10.0. The molecule has 0 aliphatic carbocycles. The first-order valence-electron chi connectivity index (χ1n) is 9.25. The maximum atomic E-state index is 14.5. The normalized spacial score (nSPS) is 14.5. The number of rotatable bonds is 7. The van der Waals surface area contributed by atoms with Crippen molar-refractivity contribution in [2.24, 2.45) is 0 Å². The number of halogens is 9. The van der Waals surface area contributed by atoms with Gasteiger partial charge in [-0.2, -0.15) is 30.4 Å². The minimum Gasteiger partial charge on any atom is -0.229 e. The molecule has 0 bridgehead atoms. The van der Waals surface area contributed by atoms with Crippen LogP contribution in [0.25, 0.3) is 0 Å². The Morgan fingerprint density at radius 2 is 0.914 bits per heavy atom. The molecule has 0 spiro atoms. The Morgan fingerprint density at radius 3 is 1.17 bits per heavy atom. The van der Waals surface area contributed by atoms with Crippen LogP contribution in [0.3, 0.4) is 0 Å². The average molecular weight is 598 g/mol. The molecule has 0 aromatic heterocycles. The van der Waals surface area contributed by atoms with Crippen LogP contribution in [0.1, 0.15) is 0 Å². The van der Waals surface area contributed by atoms with Crippen molar-refractivity contribution in [3.63, 3.8) is 0 Å². The van der Waals surface area contributed by atoms with Crippen molar-refractivity contribution in [3.8, 4) is 0 Å². The minimum atomic E-state index is -6.56. The van der Waals surface area contributed by atoms with Gasteiger partial charge in [-0.25, -0.2) is 8.02 Å². The lowest BCUT2D eigenvalue weighted by molar-refractivity contribution is -0.222. The van der Waals surface area contributed by atoms with E-state index in [-0.39, 0.29) is 29.8 Å². The van der Waals surface area contributed by atoms with Gasteiger partial charge in [-0.15, -0.1) is 0 Å². The molecule has 0 fully saturated rings. The lowest BCUT2D eigenvalue weighted by Crippen LogP contribution is -2.48. The Bertz CT molecular complexity index is 1170. The van der Waals surface area contributed by atoms with Gasteiger partial charge in [0.05, 0.1) is 0 Å². The van der Waals surface area contributed by atoms with Crippen LogP contribution in [0.2, 0.25) is 15.1 Å². The van der Waals surface area contributed by atoms with E-state index in [2.05, 4.69) is 0 Å². The standard InChI is InChI=1S/C21H13Cl3F6O3S2/c22-13-1-7-16(8-2-13)34(17-9-3-14(23)4-10-17,18-11-5-15(24)6-12-18)33-35(31,32)21(29,30)19(25)20(26,27)28/h1-12,19H. The average Bonchev–Trinajstić information content (AvgIpc) is 2.78. The summed E-state index contributed by atoms with van der Waals surface area (Å²) in [6.07, 6.45) is -11.2. The van der Waals surface area contributed by atoms with Crippen molar-refractivity contribution in [2.45, 2.75) is 32.3 Å². The van der Waals surface area contributed by atoms with E-state index in [4.69, 9.17) is 38.4 Å². The predicted octanol–water partition coefficient (Wildman–Crippen LogP) is 8.68. The molecule has 0 amide bonds. The Labute approximate surface area is 213 Å². The van der Waals surface area contributed by atoms with Crippen LogP contribution in [0.5, 0.6) is 0 Å². The zero-order valence-electron chi connectivity index (χ0n) is 16.9. The SMILES string of the molecule is O=S(=O)(OS(c1ccc(Cl)cc1)(c1ccc(Cl)cc1)c1ccc(Cl)cc1)C(F)(F)C(F)C(F)(F)F. The van der Waals surface area contributed by atoms with Crippen LogP contribution < -0.4 is 0 Å². The molecule has 14 heteroatoms. The number of hydrogen-bond donors (Lipinski definition) is 0. The molecule has 190 valence electrons. The van der Waals surface area contributed by atoms with Gasteiger partial charge in [0, 0.05) is 29.8 Å². The highest BCUT2D eigenvalue weighted by Crippen LogP contribution is 2.71. The maximum absolute atomic E-state index is 14.5. The first-order valence-corrected chi connectivity index (χ1v) is 13.4. The summed E-state index contributed by atoms with van der Waals surface area (Å²) < 4.78 is 112. The van der Waals surface area contributed by atoms with Gasteiger partial charge in [0.1, 0.15) is 0 Å². The van der Waals surface area contributed by atoms with Crippen LogP contribution in [0.4, 0.5) is 26.3 Å². The highest BCUT2D eigenvalue weighted by Gasteiger charge is 2.66. The molecule has 0 radical (unpaired) electrons. The third-order valence-corrected chi connectivity index (χ3v) is 10.5. The Morgan fingerprint density at radius 1 is 0.629 bits per heavy atom. The molecular formula is C21H13Cl3F6O3S2. The van der Waals surface area contributed by atoms with Gasteiger partial charge in [0.25, 0.3) is 6.17 Å². The van der Waals surface area contributed by atoms with E-state index < -0.39 is 38.0 Å². The largest absolute Gasteiger partial charge is 0.426 e. The summed E-state index contributed by atoms with van der Waals surface area (Å²) >= 11 is 17.7. The van der Waals surface area contributed by atoms with Crippen LogP contribution in [-0.2, 0) is 13.7 Å². The summed E-state index contributed by atoms with van der Waals surface area (Å²) in [6.45, 7) is 0. The molecule has 0 saturated heterocycles. The van der Waals surface area contributed by atoms with E-state index >= 15 is 0 Å². The number of alkyl halides is 6. The van der Waals surface area contributed by atoms with E-state index in [0.717, 1.165) is 0 Å². The van der Waals surface area contributed by atoms with Crippen molar-refractivity contribution >= 4 is 55.2 Å². The Kier molecular flexibility index (Phi) is 8.01. The molecule has 3 nitrogen and oxygen atoms in total. The van der Waals surface area contributed by atoms with Crippen molar-refractivity contribution in [1.82, 2.24) is 0 Å². The fraction of sp³-hybridized carbons (Fsp3) is 0.143. The van der Waals surface area contributed by atoms with Gasteiger partial charge in [-0.1, -0.05) is 34.8 Å². The Hall–Kier alpha value is -1.63. The summed E-state index contributed by atoms with van der Waals surface area (Å²) in [7, 11) is -10.3. The summed E-state index contributed by atoms with van der Waals surface area (Å²) in [5.74, 6) is 0. The van der Waals surface area contributed by atoms with Gasteiger partial charge in [-0.05, 0) is 83.1 Å². The first-order chi connectivity index (χ1) is 16.1. The van der Waals surface area contributed by atoms with E-state index in [1.807, 2.05) is 0 Å². The van der Waals surface area contributed by atoms with Gasteiger partial charge in [-0.3, -0.25) is 0 Å². The van der Waals surface area contributed by atoms with E-state index in [1.165, 1.54) is 72.8 Å². The fourth-order valence-corrected chi connectivity index (χ4v) is 8.42. The van der Waals surface area contributed by atoms with Crippen LogP contribution in [-0.4, -0.2) is 26.0 Å². The molecule has 0 aliphatic rings. The van der Waals surface area contributed by atoms with Gasteiger partial charge >= 0.3 is 21.5 Å². The van der Waals surface area contributed by atoms with E-state index in [0.29, 0.717) is 0 Å². The van der Waals surface area contributed by atoms with E-state index in [1.54, 1.807) is 0 Å². The molecule has 1 atom stereocenters. The summed E-state index contributed by atoms with van der Waals surface area (Å²) in [5.41, 5.74) is 0. The Balaban J connectivity index is 2.37. The van der Waals surface area contributed by atoms with Gasteiger partial charge in [0.15, 0.2) is 0 Å². The van der Waals surface area contributed by atoms with Gasteiger partial charge in [0.2, 0.25) is 0 Å². The lowest BCUT2D eigenvalue weighted by Gasteiger charge is -2.40. The minimum absolute atomic E-state index is 0.0478. The molecule has 3 aromatic rings. The molecule has 0 saturated carbocycles. The molecule has 1 unspecified atom stereocenters. The van der Waals surface area contributed by atoms with Crippen molar-refractivity contribution < 1.29 is 38.4 Å². The van der Waals surface area contributed by atoms with Crippen LogP contribution in [0.15, 0.2) is 87.5 Å². The third kappa shape index (κ3) is 5.55. The fourth-order valence-electron chi connectivity index (χ4n) is 2.90. The van der Waals surface area contributed by atoms with Crippen LogP contribution in [0, 0.1) is 0 Å². The van der Waals surface area contributed by atoms with E-state index in [9.17, 15) is 34.8 Å². The summed E-state index contributed by atoms with van der Waals surface area (Å²) in [5, 5.41) is -5.43. The zero-order chi connectivity index (χ0) is 26.2. The van der Waals surface area contributed by atoms with Crippen molar-refractivity contribution in [1.29, 1.82) is 0 Å². The second-order valence-corrected chi connectivity index (χ2v) is 12.7. The molecule has 3 aromatic carbocycles. The predicted molar refractivity (Wildman–Crippen MR) is 123 cm³/mol. The maximum Gasteiger partial charge on any atom is 0.426 e. The smallest absolute Gasteiger partial charge is 0.229 e. The molecular weight excluding hydrogens is 585 g/mol. The number of benzene rings is 3. The molecule has 0 aliphatic heterocycles. The lowest BCUT2D eigenvalue weighted by atomic mass is 10.3. The van der Waals surface area contributed by atoms with Crippen LogP contribution >= 0.6 is 45.1 Å². The quantitative estimate of drug-likeness (QED) is 0.256. The monoisotopic (exact) mass is 596 g/mol. The molecule has 35 heavy (non-hydrogen) atoms. The number of hydrogen-bond acceptors (Lipinski definition) is 3. The highest BCUT2D eigenvalue weighted by atomic mass is 35.5. The second-order valence-electron chi connectivity index (χ2n) is 6.91. The van der Waals surface area contributed by atoms with Gasteiger partial charge < -0.3 is 0 Å². The topological polar surface area (TPSA) is 43.4 Å². The highest BCUT2D eigenvalue weighted by molar-refractivity contribution is 8.33. The summed E-state index contributed by atoms with van der Waals surface area (Å²) in [4.78, 5) is -0.144. The molecule has 3 rings (SSSR count). The first kappa shape index (κ1) is 27.9. The summed E-state index contributed by atoms with van der Waals surface area (Å²) in [6, 6.07) is 15.3.